The van der Waals surface area contributed by atoms with Crippen molar-refractivity contribution >= 4 is 11.6 Å². The number of hydrogen-bond acceptors (Lipinski definition) is 2. The third-order valence-electron chi connectivity index (χ3n) is 3.58. The van der Waals surface area contributed by atoms with Crippen LogP contribution < -0.4 is 0 Å². The Labute approximate surface area is 127 Å². The Kier molecular flexibility index (Phi) is 6.29. The van der Waals surface area contributed by atoms with Crippen LogP contribution in [0.2, 0.25) is 0 Å². The minimum absolute atomic E-state index is 0.0461. The Morgan fingerprint density at radius 1 is 1.14 bits per heavy atom. The van der Waals surface area contributed by atoms with Crippen LogP contribution in [0.15, 0.2) is 47.6 Å². The first-order valence-corrected chi connectivity index (χ1v) is 7.41. The predicted molar refractivity (Wildman–Crippen MR) is 87.7 cm³/mol. The predicted octanol–water partition coefficient (Wildman–Crippen LogP) is 5.01. The molecule has 1 aromatic rings. The van der Waals surface area contributed by atoms with Crippen LogP contribution in [0.4, 0.5) is 0 Å². The molecule has 0 heterocycles. The van der Waals surface area contributed by atoms with Crippen molar-refractivity contribution in [3.8, 4) is 0 Å². The molecule has 2 nitrogen and oxygen atoms in total. The number of hydrogen-bond donors (Lipinski definition) is 0. The minimum atomic E-state index is -0.0762. The zero-order valence-electron chi connectivity index (χ0n) is 13.6. The Morgan fingerprint density at radius 3 is 2.19 bits per heavy atom. The lowest BCUT2D eigenvalue weighted by atomic mass is 9.90. The van der Waals surface area contributed by atoms with Crippen molar-refractivity contribution < 1.29 is 9.59 Å². The van der Waals surface area contributed by atoms with E-state index < -0.39 is 0 Å². The maximum absolute atomic E-state index is 11.5. The summed E-state index contributed by atoms with van der Waals surface area (Å²) in [5.74, 6) is 0.609. The van der Waals surface area contributed by atoms with Crippen LogP contribution in [0.25, 0.3) is 0 Å². The molecule has 1 aliphatic rings. The summed E-state index contributed by atoms with van der Waals surface area (Å²) in [7, 11) is 0. The Balaban J connectivity index is 0.000000240. The lowest BCUT2D eigenvalue weighted by molar-refractivity contribution is 0.0984. The molecule has 0 unspecified atom stereocenters. The highest BCUT2D eigenvalue weighted by molar-refractivity contribution is 6.24. The fourth-order valence-corrected chi connectivity index (χ4v) is 2.01. The van der Waals surface area contributed by atoms with Gasteiger partial charge in [-0.1, -0.05) is 56.7 Å². The zero-order chi connectivity index (χ0) is 16.0. The van der Waals surface area contributed by atoms with Crippen LogP contribution in [-0.4, -0.2) is 11.6 Å². The quantitative estimate of drug-likeness (QED) is 0.715. The summed E-state index contributed by atoms with van der Waals surface area (Å²) < 4.78 is 0. The molecule has 0 saturated heterocycles. The van der Waals surface area contributed by atoms with E-state index in [2.05, 4.69) is 33.8 Å². The molecule has 0 spiro atoms. The first-order valence-electron chi connectivity index (χ1n) is 7.41. The fourth-order valence-electron chi connectivity index (χ4n) is 2.01. The van der Waals surface area contributed by atoms with Crippen molar-refractivity contribution in [3.63, 3.8) is 0 Å². The van der Waals surface area contributed by atoms with Gasteiger partial charge in [-0.15, -0.1) is 0 Å². The van der Waals surface area contributed by atoms with Crippen molar-refractivity contribution in [1.29, 1.82) is 0 Å². The molecule has 0 amide bonds. The molecule has 0 fully saturated rings. The van der Waals surface area contributed by atoms with Crippen molar-refractivity contribution in [3.05, 3.63) is 58.7 Å². The van der Waals surface area contributed by atoms with E-state index in [-0.39, 0.29) is 11.6 Å². The number of carbonyl (C=O) groups excluding carboxylic acids is 2. The summed E-state index contributed by atoms with van der Waals surface area (Å²) >= 11 is 0. The molecule has 0 radical (unpaired) electrons. The number of benzene rings is 1. The van der Waals surface area contributed by atoms with Crippen LogP contribution in [0.1, 0.15) is 61.8 Å². The maximum atomic E-state index is 11.5. The second-order valence-electron chi connectivity index (χ2n) is 5.58. The number of ketones is 2. The van der Waals surface area contributed by atoms with Crippen LogP contribution in [0.3, 0.4) is 0 Å². The molecule has 0 aromatic heterocycles. The second kappa shape index (κ2) is 7.72. The molecule has 0 aliphatic heterocycles. The summed E-state index contributed by atoms with van der Waals surface area (Å²) in [5, 5.41) is 0. The SMILES string of the molecule is CC/C=C(\C)C(C)C.CC1=CC(=O)c2ccccc2C1=O. The van der Waals surface area contributed by atoms with E-state index >= 15 is 0 Å². The minimum Gasteiger partial charge on any atom is -0.289 e. The molecule has 112 valence electrons. The fraction of sp³-hybridized carbons (Fsp3) is 0.368. The van der Waals surface area contributed by atoms with Gasteiger partial charge in [-0.3, -0.25) is 9.59 Å². The molecule has 2 heteroatoms. The number of Topliss-reactive ketones (excluding diaryl/α,β-unsaturated/α-hetero) is 1. The molecular formula is C19H24O2. The molecule has 0 bridgehead atoms. The van der Waals surface area contributed by atoms with E-state index in [1.165, 1.54) is 18.1 Å². The summed E-state index contributed by atoms with van der Waals surface area (Å²) in [6, 6.07) is 6.89. The van der Waals surface area contributed by atoms with E-state index in [1.807, 2.05) is 0 Å². The molecule has 0 atom stereocenters. The molecule has 2 rings (SSSR count). The van der Waals surface area contributed by atoms with Crippen LogP contribution in [-0.2, 0) is 0 Å². The molecule has 1 aromatic carbocycles. The van der Waals surface area contributed by atoms with Gasteiger partial charge in [0.25, 0.3) is 0 Å². The van der Waals surface area contributed by atoms with Crippen molar-refractivity contribution in [2.45, 2.75) is 41.0 Å². The number of fused-ring (bicyclic) bond motifs is 1. The highest BCUT2D eigenvalue weighted by atomic mass is 16.1. The van der Waals surface area contributed by atoms with Gasteiger partial charge in [-0.25, -0.2) is 0 Å². The topological polar surface area (TPSA) is 34.1 Å². The van der Waals surface area contributed by atoms with Gasteiger partial charge in [-0.05, 0) is 32.3 Å². The highest BCUT2D eigenvalue weighted by Gasteiger charge is 2.21. The lowest BCUT2D eigenvalue weighted by Gasteiger charge is -2.11. The standard InChI is InChI=1S/C11H8O2.C8H16/c1-7-6-10(12)8-4-2-3-5-9(8)11(7)13;1-5-6-8(4)7(2)3/h2-6H,1H3;6-7H,5H2,1-4H3/b;8-6+. The van der Waals surface area contributed by atoms with E-state index in [0.29, 0.717) is 16.7 Å². The third-order valence-corrected chi connectivity index (χ3v) is 3.58. The molecule has 0 N–H and O–H groups in total. The monoisotopic (exact) mass is 284 g/mol. The first-order chi connectivity index (χ1) is 9.88. The van der Waals surface area contributed by atoms with Gasteiger partial charge < -0.3 is 0 Å². The van der Waals surface area contributed by atoms with Gasteiger partial charge in [0.1, 0.15) is 0 Å². The van der Waals surface area contributed by atoms with Crippen LogP contribution in [0, 0.1) is 5.92 Å². The maximum Gasteiger partial charge on any atom is 0.189 e. The van der Waals surface area contributed by atoms with Crippen molar-refractivity contribution in [1.82, 2.24) is 0 Å². The lowest BCUT2D eigenvalue weighted by Crippen LogP contribution is -2.14. The number of rotatable bonds is 2. The van der Waals surface area contributed by atoms with Crippen molar-refractivity contribution in [2.75, 3.05) is 0 Å². The average molecular weight is 284 g/mol. The van der Waals surface area contributed by atoms with Crippen molar-refractivity contribution in [2.24, 2.45) is 5.92 Å². The number of carbonyl (C=O) groups is 2. The van der Waals surface area contributed by atoms with Crippen LogP contribution >= 0.6 is 0 Å². The Morgan fingerprint density at radius 2 is 1.71 bits per heavy atom. The summed E-state index contributed by atoms with van der Waals surface area (Å²) in [5.41, 5.74) is 3.06. The Bertz CT molecular complexity index is 589. The highest BCUT2D eigenvalue weighted by Crippen LogP contribution is 2.20. The normalized spacial score (nSPS) is 14.4. The van der Waals surface area contributed by atoms with Gasteiger partial charge in [0.05, 0.1) is 0 Å². The molecule has 1 aliphatic carbocycles. The summed E-state index contributed by atoms with van der Waals surface area (Å²) in [6.45, 7) is 10.5. The first kappa shape index (κ1) is 17.1. The van der Waals surface area contributed by atoms with E-state index in [4.69, 9.17) is 0 Å². The van der Waals surface area contributed by atoms with E-state index in [1.54, 1.807) is 31.2 Å². The van der Waals surface area contributed by atoms with E-state index in [0.717, 1.165) is 5.92 Å². The number of allylic oxidation sites excluding steroid dienone is 4. The van der Waals surface area contributed by atoms with Gasteiger partial charge >= 0.3 is 0 Å². The Hall–Kier alpha value is -1.96. The van der Waals surface area contributed by atoms with Gasteiger partial charge in [0.2, 0.25) is 0 Å². The summed E-state index contributed by atoms with van der Waals surface area (Å²) in [4.78, 5) is 23.0. The largest absolute Gasteiger partial charge is 0.289 e. The van der Waals surface area contributed by atoms with Gasteiger partial charge in [0, 0.05) is 16.7 Å². The summed E-state index contributed by atoms with van der Waals surface area (Å²) in [6.07, 6.45) is 4.85. The zero-order valence-corrected chi connectivity index (χ0v) is 13.6. The third kappa shape index (κ3) is 4.52. The van der Waals surface area contributed by atoms with Gasteiger partial charge in [0.15, 0.2) is 11.6 Å². The molecular weight excluding hydrogens is 260 g/mol. The smallest absolute Gasteiger partial charge is 0.189 e. The van der Waals surface area contributed by atoms with Gasteiger partial charge in [-0.2, -0.15) is 0 Å². The molecule has 21 heavy (non-hydrogen) atoms. The molecule has 0 saturated carbocycles. The second-order valence-corrected chi connectivity index (χ2v) is 5.58. The van der Waals surface area contributed by atoms with Crippen LogP contribution in [0.5, 0.6) is 0 Å². The average Bonchev–Trinajstić information content (AvgIpc) is 2.46. The van der Waals surface area contributed by atoms with E-state index in [9.17, 15) is 9.59 Å².